The van der Waals surface area contributed by atoms with Crippen LogP contribution in [-0.4, -0.2) is 28.8 Å². The molecule has 0 spiro atoms. The number of nitrogens with zero attached hydrogens (tertiary/aromatic N) is 2. The summed E-state index contributed by atoms with van der Waals surface area (Å²) in [5, 5.41) is 0.469. The highest BCUT2D eigenvalue weighted by molar-refractivity contribution is 7.98. The lowest BCUT2D eigenvalue weighted by molar-refractivity contribution is 0.0526. The zero-order chi connectivity index (χ0) is 14.5. The van der Waals surface area contributed by atoms with E-state index in [0.717, 1.165) is 0 Å². The number of aromatic nitrogens is 2. The van der Waals surface area contributed by atoms with E-state index >= 15 is 0 Å². The molecule has 1 aromatic carbocycles. The number of esters is 1. The number of benzene rings is 1. The number of halogens is 1. The Morgan fingerprint density at radius 3 is 2.80 bits per heavy atom. The van der Waals surface area contributed by atoms with Gasteiger partial charge in [0.1, 0.15) is 11.4 Å². The van der Waals surface area contributed by atoms with E-state index in [1.54, 1.807) is 25.1 Å². The molecule has 0 aliphatic heterocycles. The van der Waals surface area contributed by atoms with Gasteiger partial charge in [-0.05, 0) is 25.3 Å². The van der Waals surface area contributed by atoms with E-state index in [9.17, 15) is 9.18 Å². The molecule has 0 aliphatic carbocycles. The highest BCUT2D eigenvalue weighted by atomic mass is 32.2. The molecule has 1 heterocycles. The van der Waals surface area contributed by atoms with Gasteiger partial charge in [-0.1, -0.05) is 23.9 Å². The third kappa shape index (κ3) is 2.96. The van der Waals surface area contributed by atoms with Crippen molar-refractivity contribution in [3.05, 3.63) is 41.8 Å². The topological polar surface area (TPSA) is 52.1 Å². The standard InChI is InChI=1S/C14H13FN2O2S/c1-3-19-13(18)10-8-16-14(20-2)17-12(10)9-6-4-5-7-11(9)15/h4-8H,3H2,1-2H3. The minimum atomic E-state index is -0.557. The monoisotopic (exact) mass is 292 g/mol. The Hall–Kier alpha value is -1.95. The molecule has 0 aliphatic rings. The average molecular weight is 292 g/mol. The van der Waals surface area contributed by atoms with E-state index in [4.69, 9.17) is 4.74 Å². The number of rotatable bonds is 4. The van der Waals surface area contributed by atoms with E-state index in [1.807, 2.05) is 6.26 Å². The number of thioether (sulfide) groups is 1. The van der Waals surface area contributed by atoms with Gasteiger partial charge in [0.15, 0.2) is 5.16 Å². The molecule has 0 N–H and O–H groups in total. The normalized spacial score (nSPS) is 10.3. The molecule has 6 heteroatoms. The average Bonchev–Trinajstić information content (AvgIpc) is 2.47. The Bertz CT molecular complexity index is 634. The zero-order valence-electron chi connectivity index (χ0n) is 11.1. The van der Waals surface area contributed by atoms with Crippen molar-refractivity contribution in [2.45, 2.75) is 12.1 Å². The van der Waals surface area contributed by atoms with Crippen LogP contribution in [-0.2, 0) is 4.74 Å². The first-order valence-electron chi connectivity index (χ1n) is 6.00. The Morgan fingerprint density at radius 1 is 1.40 bits per heavy atom. The summed E-state index contributed by atoms with van der Waals surface area (Å²) < 4.78 is 18.9. The second kappa shape index (κ2) is 6.47. The van der Waals surface area contributed by atoms with Crippen LogP contribution in [0.2, 0.25) is 0 Å². The van der Waals surface area contributed by atoms with Gasteiger partial charge < -0.3 is 4.74 Å². The first-order valence-corrected chi connectivity index (χ1v) is 7.23. The number of hydrogen-bond donors (Lipinski definition) is 0. The first kappa shape index (κ1) is 14.5. The molecule has 2 aromatic rings. The maximum absolute atomic E-state index is 13.9. The summed E-state index contributed by atoms with van der Waals surface area (Å²) in [5.74, 6) is -0.998. The quantitative estimate of drug-likeness (QED) is 0.492. The van der Waals surface area contributed by atoms with Gasteiger partial charge >= 0.3 is 5.97 Å². The van der Waals surface area contributed by atoms with Crippen molar-refractivity contribution in [3.63, 3.8) is 0 Å². The smallest absolute Gasteiger partial charge is 0.341 e. The maximum Gasteiger partial charge on any atom is 0.341 e. The van der Waals surface area contributed by atoms with Crippen molar-refractivity contribution in [2.24, 2.45) is 0 Å². The van der Waals surface area contributed by atoms with Gasteiger partial charge in [-0.2, -0.15) is 0 Å². The van der Waals surface area contributed by atoms with E-state index in [2.05, 4.69) is 9.97 Å². The fourth-order valence-corrected chi connectivity index (χ4v) is 2.02. The molecule has 0 saturated heterocycles. The van der Waals surface area contributed by atoms with Crippen LogP contribution in [0.3, 0.4) is 0 Å². The number of hydrogen-bond acceptors (Lipinski definition) is 5. The van der Waals surface area contributed by atoms with Gasteiger partial charge in [0.25, 0.3) is 0 Å². The lowest BCUT2D eigenvalue weighted by atomic mass is 10.1. The van der Waals surface area contributed by atoms with Gasteiger partial charge in [0, 0.05) is 11.8 Å². The molecule has 4 nitrogen and oxygen atoms in total. The van der Waals surface area contributed by atoms with Crippen LogP contribution in [0.15, 0.2) is 35.6 Å². The number of carbonyl (C=O) groups is 1. The Labute approximate surface area is 120 Å². The molecule has 0 unspecified atom stereocenters. The van der Waals surface area contributed by atoms with Gasteiger partial charge in [-0.25, -0.2) is 19.2 Å². The Kier molecular flexibility index (Phi) is 4.68. The second-order valence-corrected chi connectivity index (χ2v) is 4.59. The Balaban J connectivity index is 2.59. The SMILES string of the molecule is CCOC(=O)c1cnc(SC)nc1-c1ccccc1F. The third-order valence-electron chi connectivity index (χ3n) is 2.57. The largest absolute Gasteiger partial charge is 0.462 e. The lowest BCUT2D eigenvalue weighted by Gasteiger charge is -2.09. The summed E-state index contributed by atoms with van der Waals surface area (Å²) in [7, 11) is 0. The molecule has 0 amide bonds. The summed E-state index contributed by atoms with van der Waals surface area (Å²) in [4.78, 5) is 20.2. The molecule has 104 valence electrons. The van der Waals surface area contributed by atoms with Gasteiger partial charge in [-0.3, -0.25) is 0 Å². The summed E-state index contributed by atoms with van der Waals surface area (Å²) in [6, 6.07) is 6.17. The minimum absolute atomic E-state index is 0.162. The predicted molar refractivity (Wildman–Crippen MR) is 75.2 cm³/mol. The van der Waals surface area contributed by atoms with Crippen molar-refractivity contribution in [1.29, 1.82) is 0 Å². The van der Waals surface area contributed by atoms with Crippen LogP contribution < -0.4 is 0 Å². The van der Waals surface area contributed by atoms with E-state index in [1.165, 1.54) is 24.0 Å². The molecular weight excluding hydrogens is 279 g/mol. The first-order chi connectivity index (χ1) is 9.67. The summed E-state index contributed by atoms with van der Waals surface area (Å²) >= 11 is 1.32. The van der Waals surface area contributed by atoms with Gasteiger partial charge in [0.2, 0.25) is 0 Å². The van der Waals surface area contributed by atoms with Crippen LogP contribution in [0.1, 0.15) is 17.3 Å². The van der Waals surface area contributed by atoms with Gasteiger partial charge in [0.05, 0.1) is 12.3 Å². The van der Waals surface area contributed by atoms with E-state index < -0.39 is 11.8 Å². The van der Waals surface area contributed by atoms with E-state index in [-0.39, 0.29) is 23.4 Å². The van der Waals surface area contributed by atoms with E-state index in [0.29, 0.717) is 5.16 Å². The molecule has 0 radical (unpaired) electrons. The fourth-order valence-electron chi connectivity index (χ4n) is 1.68. The zero-order valence-corrected chi connectivity index (χ0v) is 11.9. The number of carbonyl (C=O) groups excluding carboxylic acids is 1. The molecule has 2 rings (SSSR count). The van der Waals surface area contributed by atoms with Crippen molar-refractivity contribution >= 4 is 17.7 Å². The minimum Gasteiger partial charge on any atom is -0.462 e. The van der Waals surface area contributed by atoms with Crippen LogP contribution in [0, 0.1) is 5.82 Å². The van der Waals surface area contributed by atoms with Crippen molar-refractivity contribution in [1.82, 2.24) is 9.97 Å². The van der Waals surface area contributed by atoms with Crippen molar-refractivity contribution in [3.8, 4) is 11.3 Å². The molecule has 20 heavy (non-hydrogen) atoms. The second-order valence-electron chi connectivity index (χ2n) is 3.82. The highest BCUT2D eigenvalue weighted by Crippen LogP contribution is 2.26. The molecule has 0 fully saturated rings. The molecule has 1 aromatic heterocycles. The molecule has 0 bridgehead atoms. The summed E-state index contributed by atoms with van der Waals surface area (Å²) in [5.41, 5.74) is 0.670. The summed E-state index contributed by atoms with van der Waals surface area (Å²) in [6.07, 6.45) is 3.18. The van der Waals surface area contributed by atoms with Crippen LogP contribution in [0.4, 0.5) is 4.39 Å². The summed E-state index contributed by atoms with van der Waals surface area (Å²) in [6.45, 7) is 1.94. The molecule has 0 saturated carbocycles. The maximum atomic E-state index is 13.9. The Morgan fingerprint density at radius 2 is 2.15 bits per heavy atom. The van der Waals surface area contributed by atoms with Crippen molar-refractivity contribution < 1.29 is 13.9 Å². The predicted octanol–water partition coefficient (Wildman–Crippen LogP) is 3.18. The van der Waals surface area contributed by atoms with Crippen LogP contribution in [0.5, 0.6) is 0 Å². The fraction of sp³-hybridized carbons (Fsp3) is 0.214. The van der Waals surface area contributed by atoms with Crippen LogP contribution >= 0.6 is 11.8 Å². The number of ether oxygens (including phenoxy) is 1. The lowest BCUT2D eigenvalue weighted by Crippen LogP contribution is -2.09. The van der Waals surface area contributed by atoms with Gasteiger partial charge in [-0.15, -0.1) is 0 Å². The molecule has 0 atom stereocenters. The molecular formula is C14H13FN2O2S. The third-order valence-corrected chi connectivity index (χ3v) is 3.14. The highest BCUT2D eigenvalue weighted by Gasteiger charge is 2.19. The van der Waals surface area contributed by atoms with Crippen molar-refractivity contribution in [2.75, 3.05) is 12.9 Å². The van der Waals surface area contributed by atoms with Crippen LogP contribution in [0.25, 0.3) is 11.3 Å².